The monoisotopic (exact) mass is 295 g/mol. The predicted octanol–water partition coefficient (Wildman–Crippen LogP) is 0.634. The van der Waals surface area contributed by atoms with Crippen molar-refractivity contribution in [3.8, 4) is 0 Å². The first-order valence-electron chi connectivity index (χ1n) is 5.77. The van der Waals surface area contributed by atoms with E-state index < -0.39 is 18.8 Å². The van der Waals surface area contributed by atoms with Gasteiger partial charge in [-0.15, -0.1) is 0 Å². The summed E-state index contributed by atoms with van der Waals surface area (Å²) in [6.07, 6.45) is -7.18. The van der Waals surface area contributed by atoms with Crippen LogP contribution in [0, 0.1) is 0 Å². The molecule has 0 aliphatic carbocycles. The molecule has 1 unspecified atom stereocenters. The number of ether oxygens (including phenoxy) is 1. The second-order valence-electron chi connectivity index (χ2n) is 3.77. The third kappa shape index (κ3) is 5.15. The Labute approximate surface area is 113 Å². The van der Waals surface area contributed by atoms with Gasteiger partial charge in [0.15, 0.2) is 11.9 Å². The smallest absolute Gasteiger partial charge is 0.382 e. The SMILES string of the molecule is CCOCc1nc(NN)cc(NCC(O)C(F)(F)F)n1. The van der Waals surface area contributed by atoms with Gasteiger partial charge in [-0.25, -0.2) is 15.8 Å². The van der Waals surface area contributed by atoms with Crippen molar-refractivity contribution in [2.24, 2.45) is 5.84 Å². The van der Waals surface area contributed by atoms with Crippen molar-refractivity contribution in [1.29, 1.82) is 0 Å². The third-order valence-electron chi connectivity index (χ3n) is 2.21. The molecule has 0 aromatic carbocycles. The Morgan fingerprint density at radius 2 is 2.05 bits per heavy atom. The number of anilines is 2. The average Bonchev–Trinajstić information content (AvgIpc) is 2.41. The first-order valence-corrected chi connectivity index (χ1v) is 5.77. The molecule has 0 radical (unpaired) electrons. The number of rotatable bonds is 7. The fourth-order valence-electron chi connectivity index (χ4n) is 1.24. The number of nitrogens with two attached hydrogens (primary N) is 1. The van der Waals surface area contributed by atoms with Crippen molar-refractivity contribution in [2.75, 3.05) is 23.9 Å². The number of hydrogen-bond acceptors (Lipinski definition) is 7. The minimum absolute atomic E-state index is 0.0997. The van der Waals surface area contributed by atoms with Crippen LogP contribution >= 0.6 is 0 Å². The molecule has 7 nitrogen and oxygen atoms in total. The van der Waals surface area contributed by atoms with E-state index in [9.17, 15) is 13.2 Å². The Bertz CT molecular complexity index is 430. The van der Waals surface area contributed by atoms with Gasteiger partial charge in [-0.2, -0.15) is 13.2 Å². The van der Waals surface area contributed by atoms with E-state index in [1.54, 1.807) is 6.92 Å². The Morgan fingerprint density at radius 1 is 1.40 bits per heavy atom. The van der Waals surface area contributed by atoms with E-state index in [-0.39, 0.29) is 24.1 Å². The van der Waals surface area contributed by atoms with E-state index in [1.165, 1.54) is 6.07 Å². The number of nitrogens with zero attached hydrogens (tertiary/aromatic N) is 2. The van der Waals surface area contributed by atoms with Crippen molar-refractivity contribution in [1.82, 2.24) is 9.97 Å². The summed E-state index contributed by atoms with van der Waals surface area (Å²) in [5.74, 6) is 5.78. The maximum atomic E-state index is 12.2. The summed E-state index contributed by atoms with van der Waals surface area (Å²) in [6.45, 7) is 1.60. The first-order chi connectivity index (χ1) is 9.36. The normalized spacial score (nSPS) is 13.1. The molecule has 0 fully saturated rings. The van der Waals surface area contributed by atoms with Gasteiger partial charge in [-0.05, 0) is 6.92 Å². The van der Waals surface area contributed by atoms with Crippen LogP contribution in [0.3, 0.4) is 0 Å². The van der Waals surface area contributed by atoms with Gasteiger partial charge in [0.05, 0.1) is 6.54 Å². The third-order valence-corrected chi connectivity index (χ3v) is 2.21. The van der Waals surface area contributed by atoms with Gasteiger partial charge in [-0.3, -0.25) is 0 Å². The lowest BCUT2D eigenvalue weighted by Gasteiger charge is -2.16. The largest absolute Gasteiger partial charge is 0.416 e. The number of halogens is 3. The van der Waals surface area contributed by atoms with Gasteiger partial charge in [0.1, 0.15) is 18.2 Å². The lowest BCUT2D eigenvalue weighted by Crippen LogP contribution is -2.35. The molecule has 1 atom stereocenters. The van der Waals surface area contributed by atoms with E-state index >= 15 is 0 Å². The second-order valence-corrected chi connectivity index (χ2v) is 3.77. The maximum Gasteiger partial charge on any atom is 0.416 e. The fraction of sp³-hybridized carbons (Fsp3) is 0.600. The van der Waals surface area contributed by atoms with Crippen molar-refractivity contribution in [3.05, 3.63) is 11.9 Å². The number of hydrazine groups is 1. The molecule has 1 aromatic heterocycles. The van der Waals surface area contributed by atoms with Crippen LogP contribution in [-0.4, -0.2) is 40.5 Å². The molecule has 10 heteroatoms. The molecule has 0 bridgehead atoms. The highest BCUT2D eigenvalue weighted by atomic mass is 19.4. The van der Waals surface area contributed by atoms with E-state index in [2.05, 4.69) is 20.7 Å². The summed E-state index contributed by atoms with van der Waals surface area (Å²) in [5.41, 5.74) is 2.27. The van der Waals surface area contributed by atoms with Crippen molar-refractivity contribution >= 4 is 11.6 Å². The molecule has 5 N–H and O–H groups in total. The second kappa shape index (κ2) is 7.22. The molecule has 0 amide bonds. The topological polar surface area (TPSA) is 105 Å². The van der Waals surface area contributed by atoms with Gasteiger partial charge in [0.2, 0.25) is 0 Å². The molecular formula is C10H16F3N5O2. The zero-order valence-corrected chi connectivity index (χ0v) is 10.7. The number of aromatic nitrogens is 2. The number of nitrogens with one attached hydrogen (secondary N) is 2. The lowest BCUT2D eigenvalue weighted by molar-refractivity contribution is -0.198. The molecule has 0 spiro atoms. The Morgan fingerprint density at radius 3 is 2.60 bits per heavy atom. The minimum Gasteiger partial charge on any atom is -0.382 e. The highest BCUT2D eigenvalue weighted by Crippen LogP contribution is 2.20. The molecule has 0 saturated heterocycles. The van der Waals surface area contributed by atoms with E-state index in [4.69, 9.17) is 15.7 Å². The van der Waals surface area contributed by atoms with Crippen LogP contribution in [0.5, 0.6) is 0 Å². The highest BCUT2D eigenvalue weighted by molar-refractivity contribution is 5.46. The quantitative estimate of drug-likeness (QED) is 0.432. The molecule has 0 aliphatic heterocycles. The minimum atomic E-state index is -4.69. The fourth-order valence-corrected chi connectivity index (χ4v) is 1.24. The summed E-state index contributed by atoms with van der Waals surface area (Å²) >= 11 is 0. The van der Waals surface area contributed by atoms with E-state index in [0.29, 0.717) is 6.61 Å². The lowest BCUT2D eigenvalue weighted by atomic mass is 10.3. The number of aliphatic hydroxyl groups is 1. The summed E-state index contributed by atoms with van der Waals surface area (Å²) < 4.78 is 41.6. The van der Waals surface area contributed by atoms with Crippen LogP contribution in [0.15, 0.2) is 6.07 Å². The van der Waals surface area contributed by atoms with Crippen LogP contribution in [0.4, 0.5) is 24.8 Å². The number of alkyl halides is 3. The van der Waals surface area contributed by atoms with Gasteiger partial charge in [0.25, 0.3) is 0 Å². The van der Waals surface area contributed by atoms with E-state index in [0.717, 1.165) is 0 Å². The molecule has 0 aliphatic rings. The van der Waals surface area contributed by atoms with Crippen LogP contribution in [0.25, 0.3) is 0 Å². The Hall–Kier alpha value is -1.65. The summed E-state index contributed by atoms with van der Waals surface area (Å²) in [7, 11) is 0. The molecule has 1 rings (SSSR count). The maximum absolute atomic E-state index is 12.2. The number of aliphatic hydroxyl groups excluding tert-OH is 1. The summed E-state index contributed by atoms with van der Waals surface area (Å²) in [5, 5.41) is 11.3. The van der Waals surface area contributed by atoms with Crippen molar-refractivity contribution < 1.29 is 23.0 Å². The average molecular weight is 295 g/mol. The molecule has 1 heterocycles. The molecular weight excluding hydrogens is 279 g/mol. The van der Waals surface area contributed by atoms with Crippen LogP contribution in [-0.2, 0) is 11.3 Å². The van der Waals surface area contributed by atoms with E-state index in [1.807, 2.05) is 0 Å². The van der Waals surface area contributed by atoms with Crippen LogP contribution in [0.2, 0.25) is 0 Å². The molecule has 0 saturated carbocycles. The zero-order valence-electron chi connectivity index (χ0n) is 10.7. The van der Waals surface area contributed by atoms with Gasteiger partial charge in [-0.1, -0.05) is 0 Å². The van der Waals surface area contributed by atoms with Gasteiger partial charge in [0, 0.05) is 12.7 Å². The molecule has 1 aromatic rings. The van der Waals surface area contributed by atoms with Crippen LogP contribution < -0.4 is 16.6 Å². The standard InChI is InChI=1S/C10H16F3N5O2/c1-2-20-5-9-16-7(3-8(17-9)18-14)15-4-6(19)10(11,12)13/h3,6,19H,2,4-5,14H2,1H3,(H2,15,16,17,18). The zero-order chi connectivity index (χ0) is 15.2. The summed E-state index contributed by atoms with van der Waals surface area (Å²) in [6, 6.07) is 1.32. The van der Waals surface area contributed by atoms with Crippen LogP contribution in [0.1, 0.15) is 12.7 Å². The molecule has 114 valence electrons. The first kappa shape index (κ1) is 16.4. The highest BCUT2D eigenvalue weighted by Gasteiger charge is 2.37. The van der Waals surface area contributed by atoms with Gasteiger partial charge < -0.3 is 20.6 Å². The Balaban J connectivity index is 2.73. The van der Waals surface area contributed by atoms with Crippen molar-refractivity contribution in [3.63, 3.8) is 0 Å². The van der Waals surface area contributed by atoms with Crippen molar-refractivity contribution in [2.45, 2.75) is 25.8 Å². The predicted molar refractivity (Wildman–Crippen MR) is 65.7 cm³/mol. The van der Waals surface area contributed by atoms with Gasteiger partial charge >= 0.3 is 6.18 Å². The number of hydrogen-bond donors (Lipinski definition) is 4. The summed E-state index contributed by atoms with van der Waals surface area (Å²) in [4.78, 5) is 7.92. The Kier molecular flexibility index (Phi) is 5.92. The number of nitrogen functional groups attached to an aromatic ring is 1. The molecule has 20 heavy (non-hydrogen) atoms.